The molecule has 3 aromatic rings. The molecule has 0 bridgehead atoms. The maximum atomic E-state index is 13.3. The molecule has 1 heterocycles. The number of hydrogen-bond acceptors (Lipinski definition) is 2. The van der Waals surface area contributed by atoms with Gasteiger partial charge in [-0.15, -0.1) is 0 Å². The Bertz CT molecular complexity index is 1040. The van der Waals surface area contributed by atoms with Crippen molar-refractivity contribution in [3.63, 3.8) is 0 Å². The van der Waals surface area contributed by atoms with Gasteiger partial charge >= 0.3 is 6.18 Å². The first-order valence-electron chi connectivity index (χ1n) is 9.44. The number of imidazole rings is 1. The van der Waals surface area contributed by atoms with Crippen molar-refractivity contribution in [2.24, 2.45) is 13.0 Å². The summed E-state index contributed by atoms with van der Waals surface area (Å²) in [6.45, 7) is 0. The van der Waals surface area contributed by atoms with Gasteiger partial charge in [0.2, 0.25) is 5.91 Å². The Balaban J connectivity index is 1.50. The van der Waals surface area contributed by atoms with Gasteiger partial charge in [-0.25, -0.2) is 9.37 Å². The Labute approximate surface area is 170 Å². The van der Waals surface area contributed by atoms with Crippen molar-refractivity contribution in [2.75, 3.05) is 0 Å². The van der Waals surface area contributed by atoms with Gasteiger partial charge in [-0.2, -0.15) is 13.2 Å². The summed E-state index contributed by atoms with van der Waals surface area (Å²) in [5.74, 6) is -0.445. The van der Waals surface area contributed by atoms with E-state index in [1.165, 1.54) is 24.3 Å². The maximum Gasteiger partial charge on any atom is 0.416 e. The van der Waals surface area contributed by atoms with Crippen LogP contribution >= 0.6 is 0 Å². The van der Waals surface area contributed by atoms with E-state index >= 15 is 0 Å². The number of amides is 1. The Hall–Kier alpha value is -3.16. The van der Waals surface area contributed by atoms with Crippen LogP contribution in [0.25, 0.3) is 0 Å². The second-order valence-corrected chi connectivity index (χ2v) is 7.46. The molecule has 1 amide bonds. The first kappa shape index (κ1) is 20.1. The van der Waals surface area contributed by atoms with Crippen molar-refractivity contribution in [3.05, 3.63) is 89.3 Å². The normalized spacial score (nSPS) is 19.4. The molecule has 1 aliphatic carbocycles. The van der Waals surface area contributed by atoms with E-state index in [1.807, 2.05) is 0 Å². The van der Waals surface area contributed by atoms with E-state index < -0.39 is 17.8 Å². The third-order valence-corrected chi connectivity index (χ3v) is 5.40. The van der Waals surface area contributed by atoms with E-state index in [-0.39, 0.29) is 23.6 Å². The molecule has 1 aliphatic rings. The number of carbonyl (C=O) groups is 1. The summed E-state index contributed by atoms with van der Waals surface area (Å²) < 4.78 is 53.3. The van der Waals surface area contributed by atoms with Crippen LogP contribution in [0.15, 0.2) is 60.9 Å². The van der Waals surface area contributed by atoms with Crippen molar-refractivity contribution in [3.8, 4) is 0 Å². The quantitative estimate of drug-likeness (QED) is 0.618. The monoisotopic (exact) mass is 417 g/mol. The largest absolute Gasteiger partial charge is 0.416 e. The van der Waals surface area contributed by atoms with Gasteiger partial charge in [0, 0.05) is 25.4 Å². The fourth-order valence-corrected chi connectivity index (χ4v) is 3.63. The molecule has 0 saturated heterocycles. The highest BCUT2D eigenvalue weighted by molar-refractivity contribution is 5.83. The van der Waals surface area contributed by atoms with E-state index in [0.717, 1.165) is 12.1 Å². The molecule has 0 aliphatic heterocycles. The van der Waals surface area contributed by atoms with Gasteiger partial charge in [0.1, 0.15) is 17.7 Å². The summed E-state index contributed by atoms with van der Waals surface area (Å²) in [6, 6.07) is 10.2. The zero-order chi connectivity index (χ0) is 21.5. The molecule has 0 radical (unpaired) electrons. The second-order valence-electron chi connectivity index (χ2n) is 7.46. The van der Waals surface area contributed by atoms with Crippen molar-refractivity contribution in [2.45, 2.75) is 24.6 Å². The molecule has 4 rings (SSSR count). The number of alkyl halides is 3. The Morgan fingerprint density at radius 1 is 1.13 bits per heavy atom. The van der Waals surface area contributed by atoms with Gasteiger partial charge in [-0.05, 0) is 47.7 Å². The SMILES string of the molecule is Cn1ccnc1C(NC(=O)C1CC1c1ccc(C(F)(F)F)cc1)c1ccc(F)cc1. The summed E-state index contributed by atoms with van der Waals surface area (Å²) in [6.07, 6.45) is -0.461. The summed E-state index contributed by atoms with van der Waals surface area (Å²) >= 11 is 0. The van der Waals surface area contributed by atoms with E-state index in [9.17, 15) is 22.4 Å². The van der Waals surface area contributed by atoms with Crippen molar-refractivity contribution < 1.29 is 22.4 Å². The highest BCUT2D eigenvalue weighted by Gasteiger charge is 2.45. The number of nitrogens with one attached hydrogen (secondary N) is 1. The van der Waals surface area contributed by atoms with Crippen LogP contribution in [-0.4, -0.2) is 15.5 Å². The van der Waals surface area contributed by atoms with Crippen LogP contribution in [0.1, 0.15) is 40.9 Å². The Morgan fingerprint density at radius 3 is 2.37 bits per heavy atom. The zero-order valence-corrected chi connectivity index (χ0v) is 16.0. The molecule has 4 nitrogen and oxygen atoms in total. The van der Waals surface area contributed by atoms with Crippen molar-refractivity contribution >= 4 is 5.91 Å². The fraction of sp³-hybridized carbons (Fsp3) is 0.273. The molecule has 1 aromatic heterocycles. The van der Waals surface area contributed by atoms with E-state index in [0.29, 0.717) is 23.4 Å². The molecular weight excluding hydrogens is 398 g/mol. The van der Waals surface area contributed by atoms with Crippen LogP contribution in [-0.2, 0) is 18.0 Å². The van der Waals surface area contributed by atoms with E-state index in [1.54, 1.807) is 36.1 Å². The Morgan fingerprint density at radius 2 is 1.80 bits per heavy atom. The molecule has 3 unspecified atom stereocenters. The third kappa shape index (κ3) is 4.08. The number of hydrogen-bond donors (Lipinski definition) is 1. The molecule has 8 heteroatoms. The molecule has 2 aromatic carbocycles. The van der Waals surface area contributed by atoms with Crippen LogP contribution in [0.4, 0.5) is 17.6 Å². The molecule has 0 spiro atoms. The summed E-state index contributed by atoms with van der Waals surface area (Å²) in [4.78, 5) is 17.2. The number of aromatic nitrogens is 2. The van der Waals surface area contributed by atoms with Gasteiger partial charge < -0.3 is 9.88 Å². The van der Waals surface area contributed by atoms with Crippen LogP contribution in [0, 0.1) is 11.7 Å². The summed E-state index contributed by atoms with van der Waals surface area (Å²) in [5.41, 5.74) is 0.684. The predicted octanol–water partition coefficient (Wildman–Crippen LogP) is 4.59. The lowest BCUT2D eigenvalue weighted by molar-refractivity contribution is -0.137. The van der Waals surface area contributed by atoms with Gasteiger partial charge in [0.15, 0.2) is 0 Å². The lowest BCUT2D eigenvalue weighted by atomic mass is 10.0. The number of aryl methyl sites for hydroxylation is 1. The summed E-state index contributed by atoms with van der Waals surface area (Å²) in [5, 5.41) is 2.97. The number of benzene rings is 2. The van der Waals surface area contributed by atoms with Crippen LogP contribution < -0.4 is 5.32 Å². The summed E-state index contributed by atoms with van der Waals surface area (Å²) in [7, 11) is 1.80. The number of halogens is 4. The molecule has 1 fully saturated rings. The first-order valence-corrected chi connectivity index (χ1v) is 9.44. The number of carbonyl (C=O) groups excluding carboxylic acids is 1. The molecule has 156 valence electrons. The van der Waals surface area contributed by atoms with Gasteiger partial charge in [0.25, 0.3) is 0 Å². The lowest BCUT2D eigenvalue weighted by Gasteiger charge is -2.19. The molecule has 30 heavy (non-hydrogen) atoms. The van der Waals surface area contributed by atoms with E-state index in [2.05, 4.69) is 10.3 Å². The zero-order valence-electron chi connectivity index (χ0n) is 16.0. The van der Waals surface area contributed by atoms with Crippen LogP contribution in [0.5, 0.6) is 0 Å². The van der Waals surface area contributed by atoms with Crippen molar-refractivity contribution in [1.29, 1.82) is 0 Å². The van der Waals surface area contributed by atoms with Gasteiger partial charge in [0.05, 0.1) is 5.56 Å². The molecular formula is C22H19F4N3O. The number of nitrogens with zero attached hydrogens (tertiary/aromatic N) is 2. The van der Waals surface area contributed by atoms with Gasteiger partial charge in [-0.1, -0.05) is 24.3 Å². The van der Waals surface area contributed by atoms with E-state index in [4.69, 9.17) is 0 Å². The molecule has 1 saturated carbocycles. The topological polar surface area (TPSA) is 46.9 Å². The highest BCUT2D eigenvalue weighted by atomic mass is 19.4. The predicted molar refractivity (Wildman–Crippen MR) is 102 cm³/mol. The maximum absolute atomic E-state index is 13.3. The first-order chi connectivity index (χ1) is 14.2. The third-order valence-electron chi connectivity index (χ3n) is 5.40. The Kier molecular flexibility index (Phi) is 5.09. The standard InChI is InChI=1S/C22H19F4N3O/c1-29-11-10-27-20(29)19(14-4-8-16(23)9-5-14)28-21(30)18-12-17(18)13-2-6-15(7-3-13)22(24,25)26/h2-11,17-19H,12H2,1H3,(H,28,30). The lowest BCUT2D eigenvalue weighted by Crippen LogP contribution is -2.32. The fourth-order valence-electron chi connectivity index (χ4n) is 3.63. The second kappa shape index (κ2) is 7.59. The van der Waals surface area contributed by atoms with Crippen LogP contribution in [0.3, 0.4) is 0 Å². The minimum Gasteiger partial charge on any atom is -0.342 e. The average Bonchev–Trinajstić information content (AvgIpc) is 3.41. The molecule has 1 N–H and O–H groups in total. The minimum absolute atomic E-state index is 0.123. The average molecular weight is 417 g/mol. The minimum atomic E-state index is -4.39. The number of rotatable bonds is 5. The van der Waals surface area contributed by atoms with Crippen LogP contribution in [0.2, 0.25) is 0 Å². The highest BCUT2D eigenvalue weighted by Crippen LogP contribution is 2.48. The molecule has 3 atom stereocenters. The smallest absolute Gasteiger partial charge is 0.342 e. The van der Waals surface area contributed by atoms with Crippen molar-refractivity contribution in [1.82, 2.24) is 14.9 Å². The van der Waals surface area contributed by atoms with Gasteiger partial charge in [-0.3, -0.25) is 4.79 Å².